The summed E-state index contributed by atoms with van der Waals surface area (Å²) in [5.74, 6) is 0.487. The first-order valence-electron chi connectivity index (χ1n) is 6.26. The van der Waals surface area contributed by atoms with Gasteiger partial charge in [-0.2, -0.15) is 5.26 Å². The van der Waals surface area contributed by atoms with Gasteiger partial charge in [0.05, 0.1) is 6.07 Å². The summed E-state index contributed by atoms with van der Waals surface area (Å²) in [5.41, 5.74) is 1.78. The van der Waals surface area contributed by atoms with Crippen molar-refractivity contribution >= 4 is 23.1 Å². The largest absolute Gasteiger partial charge is 0.414 e. The number of nitrogens with one attached hydrogen (secondary N) is 1. The molecule has 102 valence electrons. The molecule has 5 nitrogen and oxygen atoms in total. The Kier molecular flexibility index (Phi) is 4.06. The Hall–Kier alpha value is -2.74. The van der Waals surface area contributed by atoms with Crippen molar-refractivity contribution in [3.63, 3.8) is 0 Å². The number of fused-ring (bicyclic) bond motifs is 1. The highest BCUT2D eigenvalue weighted by Gasteiger charge is 2.10. The molecule has 0 saturated carbocycles. The third-order valence-corrected chi connectivity index (χ3v) is 3.01. The Balaban J connectivity index is 2.25. The molecule has 0 bridgehead atoms. The lowest BCUT2D eigenvalue weighted by Gasteiger charge is -2.14. The van der Waals surface area contributed by atoms with Crippen molar-refractivity contribution in [3.8, 4) is 11.8 Å². The van der Waals surface area contributed by atoms with Crippen LogP contribution in [0, 0.1) is 11.3 Å². The highest BCUT2D eigenvalue weighted by molar-refractivity contribution is 5.90. The monoisotopic (exact) mass is 269 g/mol. The van der Waals surface area contributed by atoms with E-state index in [0.29, 0.717) is 12.3 Å². The highest BCUT2D eigenvalue weighted by atomic mass is 16.6. The zero-order valence-electron chi connectivity index (χ0n) is 11.4. The molecule has 2 rings (SSSR count). The van der Waals surface area contributed by atoms with E-state index in [1.165, 1.54) is 11.0 Å². The van der Waals surface area contributed by atoms with E-state index in [1.54, 1.807) is 25.3 Å². The minimum absolute atomic E-state index is 0.386. The summed E-state index contributed by atoms with van der Waals surface area (Å²) < 4.78 is 5.26. The van der Waals surface area contributed by atoms with E-state index in [1.807, 2.05) is 25.3 Å². The molecule has 1 amide bonds. The second-order valence-electron chi connectivity index (χ2n) is 4.30. The van der Waals surface area contributed by atoms with Gasteiger partial charge in [-0.05, 0) is 25.1 Å². The number of benzene rings is 1. The first-order chi connectivity index (χ1) is 9.65. The number of H-pyrrole nitrogens is 1. The number of ether oxygens (including phenoxy) is 1. The summed E-state index contributed by atoms with van der Waals surface area (Å²) in [6, 6.07) is 7.32. The van der Waals surface area contributed by atoms with E-state index >= 15 is 0 Å². The lowest BCUT2D eigenvalue weighted by Crippen LogP contribution is -2.29. The van der Waals surface area contributed by atoms with E-state index in [-0.39, 0.29) is 6.09 Å². The van der Waals surface area contributed by atoms with Crippen LogP contribution in [0.25, 0.3) is 17.0 Å². The van der Waals surface area contributed by atoms with Crippen molar-refractivity contribution in [2.75, 3.05) is 13.6 Å². The van der Waals surface area contributed by atoms with Crippen LogP contribution in [0.15, 0.2) is 30.5 Å². The maximum atomic E-state index is 11.7. The molecular weight excluding hydrogens is 254 g/mol. The number of amides is 1. The van der Waals surface area contributed by atoms with Gasteiger partial charge in [0.2, 0.25) is 0 Å². The van der Waals surface area contributed by atoms with Crippen LogP contribution >= 0.6 is 0 Å². The molecule has 1 aromatic heterocycles. The van der Waals surface area contributed by atoms with Gasteiger partial charge in [-0.1, -0.05) is 0 Å². The van der Waals surface area contributed by atoms with Gasteiger partial charge in [0.1, 0.15) is 5.75 Å². The van der Waals surface area contributed by atoms with Gasteiger partial charge in [0.25, 0.3) is 0 Å². The zero-order valence-corrected chi connectivity index (χ0v) is 11.4. The number of hydrogen-bond acceptors (Lipinski definition) is 3. The molecule has 0 atom stereocenters. The Morgan fingerprint density at radius 1 is 1.55 bits per heavy atom. The average Bonchev–Trinajstić information content (AvgIpc) is 2.86. The Morgan fingerprint density at radius 2 is 2.35 bits per heavy atom. The summed E-state index contributed by atoms with van der Waals surface area (Å²) in [6.45, 7) is 2.47. The molecule has 0 aliphatic rings. The van der Waals surface area contributed by atoms with Crippen molar-refractivity contribution < 1.29 is 9.53 Å². The van der Waals surface area contributed by atoms with Crippen molar-refractivity contribution in [3.05, 3.63) is 36.0 Å². The van der Waals surface area contributed by atoms with Crippen LogP contribution in [0.3, 0.4) is 0 Å². The van der Waals surface area contributed by atoms with Gasteiger partial charge in [0.15, 0.2) is 0 Å². The summed E-state index contributed by atoms with van der Waals surface area (Å²) in [5, 5.41) is 9.52. The third kappa shape index (κ3) is 2.81. The molecule has 0 aliphatic heterocycles. The van der Waals surface area contributed by atoms with Gasteiger partial charge < -0.3 is 14.6 Å². The molecule has 0 saturated heterocycles. The molecule has 0 fully saturated rings. The maximum Gasteiger partial charge on any atom is 0.414 e. The van der Waals surface area contributed by atoms with E-state index in [2.05, 4.69) is 4.98 Å². The van der Waals surface area contributed by atoms with Crippen molar-refractivity contribution in [1.29, 1.82) is 5.26 Å². The highest BCUT2D eigenvalue weighted by Crippen LogP contribution is 2.24. The van der Waals surface area contributed by atoms with E-state index in [9.17, 15) is 4.79 Å². The van der Waals surface area contributed by atoms with Crippen LogP contribution in [0.4, 0.5) is 4.79 Å². The predicted molar refractivity (Wildman–Crippen MR) is 77.3 cm³/mol. The lowest BCUT2D eigenvalue weighted by atomic mass is 10.1. The van der Waals surface area contributed by atoms with E-state index in [0.717, 1.165) is 16.5 Å². The van der Waals surface area contributed by atoms with Crippen molar-refractivity contribution in [1.82, 2.24) is 9.88 Å². The molecule has 1 heterocycles. The molecular formula is C15H15N3O2. The summed E-state index contributed by atoms with van der Waals surface area (Å²) in [6.07, 6.45) is 4.58. The molecule has 1 N–H and O–H groups in total. The Bertz CT molecular complexity index is 695. The zero-order chi connectivity index (χ0) is 14.5. The number of allylic oxidation sites excluding steroid dienone is 1. The quantitative estimate of drug-likeness (QED) is 0.870. The predicted octanol–water partition coefficient (Wildman–Crippen LogP) is 3.16. The van der Waals surface area contributed by atoms with Crippen LogP contribution in [0.2, 0.25) is 0 Å². The van der Waals surface area contributed by atoms with E-state index in [4.69, 9.17) is 10.00 Å². The normalized spacial score (nSPS) is 10.7. The number of aromatic amines is 1. The lowest BCUT2D eigenvalue weighted by molar-refractivity contribution is 0.165. The van der Waals surface area contributed by atoms with Crippen LogP contribution < -0.4 is 4.74 Å². The van der Waals surface area contributed by atoms with Gasteiger partial charge in [-0.25, -0.2) is 4.79 Å². The van der Waals surface area contributed by atoms with Gasteiger partial charge in [0, 0.05) is 48.4 Å². The van der Waals surface area contributed by atoms with Gasteiger partial charge in [-0.15, -0.1) is 0 Å². The summed E-state index contributed by atoms with van der Waals surface area (Å²) >= 11 is 0. The van der Waals surface area contributed by atoms with Crippen molar-refractivity contribution in [2.24, 2.45) is 0 Å². The third-order valence-electron chi connectivity index (χ3n) is 3.01. The Labute approximate surface area is 117 Å². The number of nitriles is 1. The minimum atomic E-state index is -0.386. The van der Waals surface area contributed by atoms with Gasteiger partial charge in [-0.3, -0.25) is 0 Å². The molecule has 1 aromatic carbocycles. The molecule has 2 aromatic rings. The molecule has 0 spiro atoms. The SMILES string of the molecule is CCN(C)C(=O)Oc1ccc2c(/C=C\C#N)c[nH]c2c1. The number of aromatic nitrogens is 1. The summed E-state index contributed by atoms with van der Waals surface area (Å²) in [4.78, 5) is 16.2. The smallest absolute Gasteiger partial charge is 0.410 e. The van der Waals surface area contributed by atoms with Crippen LogP contribution in [0.5, 0.6) is 5.75 Å². The number of carbonyl (C=O) groups is 1. The number of hydrogen-bond donors (Lipinski definition) is 1. The number of nitrogens with zero attached hydrogens (tertiary/aromatic N) is 2. The summed E-state index contributed by atoms with van der Waals surface area (Å²) in [7, 11) is 1.68. The molecule has 0 aliphatic carbocycles. The van der Waals surface area contributed by atoms with Crippen LogP contribution in [0.1, 0.15) is 12.5 Å². The molecule has 0 unspecified atom stereocenters. The second-order valence-corrected chi connectivity index (χ2v) is 4.30. The van der Waals surface area contributed by atoms with E-state index < -0.39 is 0 Å². The average molecular weight is 269 g/mol. The van der Waals surface area contributed by atoms with Crippen molar-refractivity contribution in [2.45, 2.75) is 6.92 Å². The Morgan fingerprint density at radius 3 is 3.05 bits per heavy atom. The fourth-order valence-electron chi connectivity index (χ4n) is 1.76. The van der Waals surface area contributed by atoms with Crippen LogP contribution in [-0.2, 0) is 0 Å². The number of carbonyl (C=O) groups excluding carboxylic acids is 1. The standard InChI is InChI=1S/C15H15N3O2/c1-3-18(2)15(19)20-12-6-7-13-11(5-4-8-16)10-17-14(13)9-12/h4-7,9-10,17H,3H2,1-2H3/b5-4-. The second kappa shape index (κ2) is 5.93. The molecule has 0 radical (unpaired) electrons. The maximum absolute atomic E-state index is 11.7. The first-order valence-corrected chi connectivity index (χ1v) is 6.26. The minimum Gasteiger partial charge on any atom is -0.410 e. The number of rotatable bonds is 3. The first kappa shape index (κ1) is 13.7. The van der Waals surface area contributed by atoms with Gasteiger partial charge >= 0.3 is 6.09 Å². The fourth-order valence-corrected chi connectivity index (χ4v) is 1.76. The fraction of sp³-hybridized carbons (Fsp3) is 0.200. The topological polar surface area (TPSA) is 69.1 Å². The van der Waals surface area contributed by atoms with Crippen LogP contribution in [-0.4, -0.2) is 29.6 Å². The molecule has 5 heteroatoms. The molecule has 20 heavy (non-hydrogen) atoms.